The Bertz CT molecular complexity index is 1320. The zero-order chi connectivity index (χ0) is 21.5. The fourth-order valence-corrected chi connectivity index (χ4v) is 4.61. The lowest BCUT2D eigenvalue weighted by Gasteiger charge is -2.14. The first kappa shape index (κ1) is 20.3. The third-order valence-electron chi connectivity index (χ3n) is 5.50. The molecule has 1 aliphatic rings. The normalized spacial score (nSPS) is 13.2. The summed E-state index contributed by atoms with van der Waals surface area (Å²) in [6.45, 7) is 4.09. The van der Waals surface area contributed by atoms with Gasteiger partial charge in [0.1, 0.15) is 0 Å². The van der Waals surface area contributed by atoms with E-state index in [1.807, 2.05) is 55.6 Å². The fourth-order valence-electron chi connectivity index (χ4n) is 3.72. The standard InChI is InChI=1S/C24H24N2O3S/c1-4-30(28,29)15-17-7-10-20-21(11-17)22-14-26(3)23(27)12-19(22)13-25-24(20)18-8-5-16(2)6-9-18/h5-12,14H,4,13,15H2,1-3H3. The molecule has 154 valence electrons. The van der Waals surface area contributed by atoms with E-state index in [0.29, 0.717) is 6.54 Å². The molecule has 6 heteroatoms. The Morgan fingerprint density at radius 2 is 1.73 bits per heavy atom. The summed E-state index contributed by atoms with van der Waals surface area (Å²) in [5.74, 6) is 0.0974. The third-order valence-corrected chi connectivity index (χ3v) is 7.16. The zero-order valence-electron chi connectivity index (χ0n) is 17.3. The summed E-state index contributed by atoms with van der Waals surface area (Å²) in [5, 5.41) is 0. The smallest absolute Gasteiger partial charge is 0.250 e. The summed E-state index contributed by atoms with van der Waals surface area (Å²) < 4.78 is 25.9. The van der Waals surface area contributed by atoms with Gasteiger partial charge in [-0.25, -0.2) is 8.42 Å². The van der Waals surface area contributed by atoms with Gasteiger partial charge in [0, 0.05) is 41.8 Å². The van der Waals surface area contributed by atoms with Crippen LogP contribution in [0.25, 0.3) is 11.1 Å². The molecule has 1 aromatic heterocycles. The van der Waals surface area contributed by atoms with Crippen molar-refractivity contribution in [1.82, 2.24) is 4.57 Å². The molecule has 0 amide bonds. The molecule has 4 rings (SSSR count). The number of hydrogen-bond donors (Lipinski definition) is 0. The van der Waals surface area contributed by atoms with Crippen LogP contribution >= 0.6 is 0 Å². The van der Waals surface area contributed by atoms with Crippen molar-refractivity contribution in [2.24, 2.45) is 12.0 Å². The van der Waals surface area contributed by atoms with Gasteiger partial charge in [-0.2, -0.15) is 0 Å². The molecule has 2 heterocycles. The van der Waals surface area contributed by atoms with Crippen LogP contribution < -0.4 is 5.56 Å². The van der Waals surface area contributed by atoms with Crippen LogP contribution in [0.4, 0.5) is 0 Å². The molecular weight excluding hydrogens is 396 g/mol. The van der Waals surface area contributed by atoms with E-state index in [1.165, 1.54) is 5.56 Å². The molecule has 0 N–H and O–H groups in total. The van der Waals surface area contributed by atoms with Gasteiger partial charge in [-0.3, -0.25) is 9.79 Å². The van der Waals surface area contributed by atoms with Gasteiger partial charge in [0.25, 0.3) is 5.56 Å². The fraction of sp³-hybridized carbons (Fsp3) is 0.250. The van der Waals surface area contributed by atoms with Gasteiger partial charge in [0.05, 0.1) is 18.0 Å². The van der Waals surface area contributed by atoms with Gasteiger partial charge in [0.15, 0.2) is 9.84 Å². The summed E-state index contributed by atoms with van der Waals surface area (Å²) in [6, 6.07) is 15.6. The Labute approximate surface area is 176 Å². The molecule has 1 aliphatic heterocycles. The lowest BCUT2D eigenvalue weighted by Crippen LogP contribution is -2.16. The summed E-state index contributed by atoms with van der Waals surface area (Å²) in [4.78, 5) is 17.1. The molecule has 0 bridgehead atoms. The Morgan fingerprint density at radius 3 is 2.43 bits per heavy atom. The van der Waals surface area contributed by atoms with Crippen LogP contribution in [0.2, 0.25) is 0 Å². The van der Waals surface area contributed by atoms with E-state index in [9.17, 15) is 13.2 Å². The Balaban J connectivity index is 1.95. The van der Waals surface area contributed by atoms with Crippen molar-refractivity contribution in [3.63, 3.8) is 0 Å². The Kier molecular flexibility index (Phi) is 5.20. The van der Waals surface area contributed by atoms with Crippen molar-refractivity contribution in [2.75, 3.05) is 5.75 Å². The lowest BCUT2D eigenvalue weighted by molar-refractivity contribution is 0.596. The molecule has 0 unspecified atom stereocenters. The highest BCUT2D eigenvalue weighted by molar-refractivity contribution is 7.90. The van der Waals surface area contributed by atoms with Crippen molar-refractivity contribution in [3.8, 4) is 11.1 Å². The number of sulfone groups is 1. The highest BCUT2D eigenvalue weighted by Crippen LogP contribution is 2.33. The van der Waals surface area contributed by atoms with Gasteiger partial charge >= 0.3 is 0 Å². The largest absolute Gasteiger partial charge is 0.318 e. The molecule has 0 saturated heterocycles. The maximum Gasteiger partial charge on any atom is 0.250 e. The SMILES string of the molecule is CCS(=O)(=O)Cc1ccc2c(c1)-c1cn(C)c(=O)cc1CN=C2c1ccc(C)cc1. The summed E-state index contributed by atoms with van der Waals surface area (Å²) in [7, 11) is -1.43. The first-order chi connectivity index (χ1) is 14.3. The van der Waals surface area contributed by atoms with E-state index < -0.39 is 9.84 Å². The molecular formula is C24H24N2O3S. The maximum atomic E-state index is 12.2. The van der Waals surface area contributed by atoms with Gasteiger partial charge in [-0.1, -0.05) is 48.9 Å². The Morgan fingerprint density at radius 1 is 1.00 bits per heavy atom. The van der Waals surface area contributed by atoms with Gasteiger partial charge in [-0.05, 0) is 29.7 Å². The van der Waals surface area contributed by atoms with Crippen LogP contribution in [0, 0.1) is 6.92 Å². The van der Waals surface area contributed by atoms with E-state index in [1.54, 1.807) is 24.6 Å². The first-order valence-electron chi connectivity index (χ1n) is 9.92. The summed E-state index contributed by atoms with van der Waals surface area (Å²) >= 11 is 0. The minimum absolute atomic E-state index is 0.00507. The molecule has 2 aromatic carbocycles. The van der Waals surface area contributed by atoms with Crippen LogP contribution in [0.3, 0.4) is 0 Å². The number of hydrogen-bond acceptors (Lipinski definition) is 4. The lowest BCUT2D eigenvalue weighted by atomic mass is 9.91. The first-order valence-corrected chi connectivity index (χ1v) is 11.7. The highest BCUT2D eigenvalue weighted by Gasteiger charge is 2.21. The van der Waals surface area contributed by atoms with E-state index in [4.69, 9.17) is 4.99 Å². The van der Waals surface area contributed by atoms with E-state index in [-0.39, 0.29) is 17.1 Å². The molecule has 0 saturated carbocycles. The molecule has 0 spiro atoms. The van der Waals surface area contributed by atoms with Crippen LogP contribution in [0.1, 0.15) is 34.7 Å². The second kappa shape index (κ2) is 7.69. The minimum atomic E-state index is -3.16. The second-order valence-corrected chi connectivity index (χ2v) is 10.1. The summed E-state index contributed by atoms with van der Waals surface area (Å²) in [5.41, 5.74) is 7.26. The molecule has 3 aromatic rings. The van der Waals surface area contributed by atoms with Gasteiger partial charge in [0.2, 0.25) is 0 Å². The van der Waals surface area contributed by atoms with E-state index in [0.717, 1.165) is 39.1 Å². The number of fused-ring (bicyclic) bond motifs is 3. The molecule has 0 atom stereocenters. The number of aromatic nitrogens is 1. The van der Waals surface area contributed by atoms with Gasteiger partial charge in [-0.15, -0.1) is 0 Å². The summed E-state index contributed by atoms with van der Waals surface area (Å²) in [6.07, 6.45) is 1.82. The number of benzene rings is 2. The van der Waals surface area contributed by atoms with Crippen molar-refractivity contribution >= 4 is 15.5 Å². The molecule has 0 fully saturated rings. The molecule has 5 nitrogen and oxygen atoms in total. The van der Waals surface area contributed by atoms with E-state index >= 15 is 0 Å². The number of nitrogens with zero attached hydrogens (tertiary/aromatic N) is 2. The highest BCUT2D eigenvalue weighted by atomic mass is 32.2. The van der Waals surface area contributed by atoms with Crippen molar-refractivity contribution in [3.05, 3.63) is 92.9 Å². The van der Waals surface area contributed by atoms with Crippen molar-refractivity contribution in [2.45, 2.75) is 26.1 Å². The predicted molar refractivity (Wildman–Crippen MR) is 121 cm³/mol. The number of rotatable bonds is 4. The number of pyridine rings is 1. The molecule has 0 radical (unpaired) electrons. The van der Waals surface area contributed by atoms with E-state index in [2.05, 4.69) is 0 Å². The Hall–Kier alpha value is -2.99. The van der Waals surface area contributed by atoms with Crippen LogP contribution in [-0.4, -0.2) is 24.4 Å². The molecule has 0 aliphatic carbocycles. The van der Waals surface area contributed by atoms with Crippen LogP contribution in [0.5, 0.6) is 0 Å². The topological polar surface area (TPSA) is 68.5 Å². The van der Waals surface area contributed by atoms with Crippen LogP contribution in [-0.2, 0) is 29.2 Å². The minimum Gasteiger partial charge on any atom is -0.318 e. The van der Waals surface area contributed by atoms with Gasteiger partial charge < -0.3 is 4.57 Å². The number of aryl methyl sites for hydroxylation is 2. The second-order valence-electron chi connectivity index (χ2n) is 7.75. The maximum absolute atomic E-state index is 12.2. The predicted octanol–water partition coefficient (Wildman–Crippen LogP) is 3.65. The van der Waals surface area contributed by atoms with Crippen molar-refractivity contribution in [1.29, 1.82) is 0 Å². The van der Waals surface area contributed by atoms with Crippen LogP contribution in [0.15, 0.2) is 64.5 Å². The van der Waals surface area contributed by atoms with Crippen molar-refractivity contribution < 1.29 is 8.42 Å². The third kappa shape index (κ3) is 3.87. The average molecular weight is 421 g/mol. The number of aliphatic imine (C=N–C) groups is 1. The quantitative estimate of drug-likeness (QED) is 0.647. The zero-order valence-corrected chi connectivity index (χ0v) is 18.2. The average Bonchev–Trinajstić information content (AvgIpc) is 2.86. The monoisotopic (exact) mass is 420 g/mol. The molecule has 30 heavy (non-hydrogen) atoms.